The van der Waals surface area contributed by atoms with E-state index < -0.39 is 16.4 Å². The van der Waals surface area contributed by atoms with Crippen molar-refractivity contribution in [1.29, 1.82) is 0 Å². The molecule has 110 valence electrons. The van der Waals surface area contributed by atoms with Crippen molar-refractivity contribution in [3.8, 4) is 0 Å². The molecule has 0 aliphatic heterocycles. The normalized spacial score (nSPS) is 10.8. The summed E-state index contributed by atoms with van der Waals surface area (Å²) in [5.74, 6) is -0.742. The van der Waals surface area contributed by atoms with Crippen molar-refractivity contribution in [2.45, 2.75) is 20.0 Å². The molecule has 0 spiro atoms. The monoisotopic (exact) mass is 288 g/mol. The minimum absolute atomic E-state index is 0.346. The van der Waals surface area contributed by atoms with Crippen LogP contribution in [0.25, 0.3) is 0 Å². The average molecular weight is 288 g/mol. The molecule has 2 rings (SSSR count). The van der Waals surface area contributed by atoms with Gasteiger partial charge in [0.25, 0.3) is 0 Å². The lowest BCUT2D eigenvalue weighted by Crippen LogP contribution is -2.23. The Balaban J connectivity index is 2.15. The number of hydrogen-bond donors (Lipinski definition) is 0. The Hall–Kier alpha value is -2.27. The fourth-order valence-electron chi connectivity index (χ4n) is 2.19. The predicted molar refractivity (Wildman–Crippen MR) is 79.3 cm³/mol. The van der Waals surface area contributed by atoms with Crippen LogP contribution >= 0.6 is 0 Å². The molecule has 5 heteroatoms. The molecule has 0 aliphatic carbocycles. The van der Waals surface area contributed by atoms with E-state index >= 15 is 0 Å². The molecular weight excluding hydrogens is 271 g/mol. The first kappa shape index (κ1) is 15.1. The molecule has 21 heavy (non-hydrogen) atoms. The summed E-state index contributed by atoms with van der Waals surface area (Å²) in [6.45, 7) is 3.74. The molecule has 0 aliphatic rings. The van der Waals surface area contributed by atoms with Gasteiger partial charge in [0.1, 0.15) is 0 Å². The Morgan fingerprint density at radius 3 is 2.43 bits per heavy atom. The van der Waals surface area contributed by atoms with E-state index in [1.54, 1.807) is 6.07 Å². The number of nitrogens with zero attached hydrogens (tertiary/aromatic N) is 2. The largest absolute Gasteiger partial charge is 0.305 e. The van der Waals surface area contributed by atoms with E-state index in [-0.39, 0.29) is 0 Å². The first-order valence-corrected chi connectivity index (χ1v) is 6.80. The van der Waals surface area contributed by atoms with Crippen LogP contribution in [0.15, 0.2) is 48.5 Å². The van der Waals surface area contributed by atoms with Gasteiger partial charge < -0.3 is 0 Å². The van der Waals surface area contributed by atoms with E-state index in [0.29, 0.717) is 18.7 Å². The Kier molecular flexibility index (Phi) is 5.00. The smallest absolute Gasteiger partial charge is 0.295 e. The van der Waals surface area contributed by atoms with Crippen molar-refractivity contribution in [3.63, 3.8) is 0 Å². The minimum Gasteiger partial charge on any atom is -0.295 e. The predicted octanol–water partition coefficient (Wildman–Crippen LogP) is 3.76. The zero-order chi connectivity index (χ0) is 15.2. The molecule has 0 heterocycles. The van der Waals surface area contributed by atoms with Gasteiger partial charge in [0, 0.05) is 24.7 Å². The van der Waals surface area contributed by atoms with Crippen LogP contribution in [0.5, 0.6) is 0 Å². The minimum atomic E-state index is -0.742. The summed E-state index contributed by atoms with van der Waals surface area (Å²) < 4.78 is 14.1. The van der Waals surface area contributed by atoms with E-state index in [2.05, 4.69) is 0 Å². The number of halogens is 1. The van der Waals surface area contributed by atoms with Crippen molar-refractivity contribution >= 4 is 5.69 Å². The Labute approximate surface area is 123 Å². The number of nitro groups is 1. The SMILES string of the molecule is CCN(Cc1ccccc1)Cc1cccc([N+](=O)[O-])c1F. The van der Waals surface area contributed by atoms with Gasteiger partial charge in [-0.2, -0.15) is 4.39 Å². The van der Waals surface area contributed by atoms with E-state index in [1.807, 2.05) is 42.2 Å². The summed E-state index contributed by atoms with van der Waals surface area (Å²) in [6, 6.07) is 14.2. The second kappa shape index (κ2) is 6.95. The van der Waals surface area contributed by atoms with Crippen LogP contribution < -0.4 is 0 Å². The Morgan fingerprint density at radius 1 is 1.10 bits per heavy atom. The van der Waals surface area contributed by atoms with Gasteiger partial charge in [-0.3, -0.25) is 15.0 Å². The number of hydrogen-bond acceptors (Lipinski definition) is 3. The van der Waals surface area contributed by atoms with Crippen LogP contribution in [-0.2, 0) is 13.1 Å². The Bertz CT molecular complexity index is 617. The van der Waals surface area contributed by atoms with Crippen LogP contribution in [0.4, 0.5) is 10.1 Å². The standard InChI is InChI=1S/C16H17FN2O2/c1-2-18(11-13-7-4-3-5-8-13)12-14-9-6-10-15(16(14)17)19(20)21/h3-10H,2,11-12H2,1H3. The summed E-state index contributed by atoms with van der Waals surface area (Å²) in [5, 5.41) is 10.8. The van der Waals surface area contributed by atoms with Crippen molar-refractivity contribution in [2.24, 2.45) is 0 Å². The van der Waals surface area contributed by atoms with E-state index in [1.165, 1.54) is 12.1 Å². The quantitative estimate of drug-likeness (QED) is 0.600. The Morgan fingerprint density at radius 2 is 1.81 bits per heavy atom. The summed E-state index contributed by atoms with van der Waals surface area (Å²) >= 11 is 0. The number of benzene rings is 2. The highest BCUT2D eigenvalue weighted by Crippen LogP contribution is 2.21. The molecule has 0 bridgehead atoms. The van der Waals surface area contributed by atoms with Crippen LogP contribution in [0, 0.1) is 15.9 Å². The molecule has 0 amide bonds. The number of rotatable bonds is 6. The van der Waals surface area contributed by atoms with Crippen LogP contribution in [0.2, 0.25) is 0 Å². The number of nitro benzene ring substituents is 1. The van der Waals surface area contributed by atoms with Gasteiger partial charge in [0.15, 0.2) is 0 Å². The van der Waals surface area contributed by atoms with Crippen molar-refractivity contribution < 1.29 is 9.31 Å². The van der Waals surface area contributed by atoms with Crippen molar-refractivity contribution in [2.75, 3.05) is 6.54 Å². The third-order valence-electron chi connectivity index (χ3n) is 3.35. The molecule has 0 unspecified atom stereocenters. The third-order valence-corrected chi connectivity index (χ3v) is 3.35. The summed E-state index contributed by atoms with van der Waals surface area (Å²) in [5.41, 5.74) is 1.01. The first-order valence-electron chi connectivity index (χ1n) is 6.80. The second-order valence-corrected chi connectivity index (χ2v) is 4.80. The third kappa shape index (κ3) is 3.86. The van der Waals surface area contributed by atoms with Gasteiger partial charge in [-0.1, -0.05) is 49.4 Å². The van der Waals surface area contributed by atoms with E-state index in [4.69, 9.17) is 0 Å². The average Bonchev–Trinajstić information content (AvgIpc) is 2.49. The second-order valence-electron chi connectivity index (χ2n) is 4.80. The van der Waals surface area contributed by atoms with Gasteiger partial charge in [0.2, 0.25) is 5.82 Å². The van der Waals surface area contributed by atoms with Crippen LogP contribution in [0.1, 0.15) is 18.1 Å². The fraction of sp³-hybridized carbons (Fsp3) is 0.250. The summed E-state index contributed by atoms with van der Waals surface area (Å²) in [7, 11) is 0. The highest BCUT2D eigenvalue weighted by atomic mass is 19.1. The maximum Gasteiger partial charge on any atom is 0.305 e. The first-order chi connectivity index (χ1) is 10.1. The molecule has 0 atom stereocenters. The zero-order valence-electron chi connectivity index (χ0n) is 11.8. The molecule has 2 aromatic carbocycles. The van der Waals surface area contributed by atoms with E-state index in [9.17, 15) is 14.5 Å². The molecular formula is C16H17FN2O2. The highest BCUT2D eigenvalue weighted by molar-refractivity contribution is 5.36. The fourth-order valence-corrected chi connectivity index (χ4v) is 2.19. The molecule has 4 nitrogen and oxygen atoms in total. The van der Waals surface area contributed by atoms with Crippen LogP contribution in [-0.4, -0.2) is 16.4 Å². The van der Waals surface area contributed by atoms with Gasteiger partial charge in [-0.25, -0.2) is 0 Å². The lowest BCUT2D eigenvalue weighted by atomic mass is 10.1. The van der Waals surface area contributed by atoms with Crippen LogP contribution in [0.3, 0.4) is 0 Å². The molecule has 2 aromatic rings. The highest BCUT2D eigenvalue weighted by Gasteiger charge is 2.18. The van der Waals surface area contributed by atoms with Crippen molar-refractivity contribution in [3.05, 3.63) is 75.6 Å². The van der Waals surface area contributed by atoms with Gasteiger partial charge in [-0.05, 0) is 12.1 Å². The van der Waals surface area contributed by atoms with E-state index in [0.717, 1.165) is 12.1 Å². The molecule has 0 fully saturated rings. The molecule has 0 radical (unpaired) electrons. The zero-order valence-corrected chi connectivity index (χ0v) is 11.8. The van der Waals surface area contributed by atoms with Gasteiger partial charge >= 0.3 is 5.69 Å². The van der Waals surface area contributed by atoms with Gasteiger partial charge in [0.05, 0.1) is 4.92 Å². The van der Waals surface area contributed by atoms with Gasteiger partial charge in [-0.15, -0.1) is 0 Å². The maximum atomic E-state index is 14.1. The molecule has 0 saturated carbocycles. The molecule has 0 aromatic heterocycles. The van der Waals surface area contributed by atoms with Crippen molar-refractivity contribution in [1.82, 2.24) is 4.90 Å². The lowest BCUT2D eigenvalue weighted by molar-refractivity contribution is -0.387. The summed E-state index contributed by atoms with van der Waals surface area (Å²) in [4.78, 5) is 12.1. The maximum absolute atomic E-state index is 14.1. The lowest BCUT2D eigenvalue weighted by Gasteiger charge is -2.20. The molecule has 0 N–H and O–H groups in total. The molecule has 0 saturated heterocycles. The topological polar surface area (TPSA) is 46.4 Å². The summed E-state index contributed by atoms with van der Waals surface area (Å²) in [6.07, 6.45) is 0.